The highest BCUT2D eigenvalue weighted by atomic mass is 32.1. The number of rotatable bonds is 7. The Morgan fingerprint density at radius 3 is 3.00 bits per heavy atom. The number of anilines is 2. The Morgan fingerprint density at radius 1 is 1.63 bits per heavy atom. The average molecular weight is 284 g/mol. The summed E-state index contributed by atoms with van der Waals surface area (Å²) in [5, 5.41) is 6.83. The molecule has 1 fully saturated rings. The van der Waals surface area contributed by atoms with Crippen molar-refractivity contribution < 1.29 is 9.53 Å². The monoisotopic (exact) mass is 284 g/mol. The van der Waals surface area contributed by atoms with Crippen molar-refractivity contribution in [2.45, 2.75) is 25.8 Å². The molecule has 1 amide bonds. The Kier molecular flexibility index (Phi) is 4.60. The van der Waals surface area contributed by atoms with Crippen LogP contribution in [0.3, 0.4) is 0 Å². The van der Waals surface area contributed by atoms with Crippen LogP contribution in [-0.4, -0.2) is 37.2 Å². The van der Waals surface area contributed by atoms with E-state index in [2.05, 4.69) is 15.6 Å². The number of amides is 1. The van der Waals surface area contributed by atoms with Crippen LogP contribution in [0.5, 0.6) is 0 Å². The van der Waals surface area contributed by atoms with E-state index in [0.29, 0.717) is 29.9 Å². The topological polar surface area (TPSA) is 89.3 Å². The highest BCUT2D eigenvalue weighted by molar-refractivity contribution is 7.18. The quantitative estimate of drug-likeness (QED) is 0.702. The van der Waals surface area contributed by atoms with Crippen LogP contribution >= 0.6 is 11.3 Å². The standard InChI is InChI=1S/C12H20N4O2S/c1-7(6-18-2)5-14-11(17)9-10(13)16-12(19-9)15-8-3-4-8/h7-8H,3-6,13H2,1-2H3,(H,14,17)(H,15,16). The first-order valence-electron chi connectivity index (χ1n) is 6.40. The number of ether oxygens (including phenoxy) is 1. The van der Waals surface area contributed by atoms with Crippen molar-refractivity contribution >= 4 is 28.2 Å². The van der Waals surface area contributed by atoms with Crippen LogP contribution in [0.4, 0.5) is 10.9 Å². The van der Waals surface area contributed by atoms with E-state index < -0.39 is 0 Å². The number of hydrogen-bond acceptors (Lipinski definition) is 6. The van der Waals surface area contributed by atoms with Crippen molar-refractivity contribution in [2.24, 2.45) is 5.92 Å². The summed E-state index contributed by atoms with van der Waals surface area (Å²) in [6.07, 6.45) is 2.32. The van der Waals surface area contributed by atoms with Gasteiger partial charge in [-0.3, -0.25) is 4.79 Å². The van der Waals surface area contributed by atoms with Crippen LogP contribution in [0.25, 0.3) is 0 Å². The molecule has 0 aromatic carbocycles. The summed E-state index contributed by atoms with van der Waals surface area (Å²) in [4.78, 5) is 16.7. The second-order valence-corrected chi connectivity index (χ2v) is 5.92. The van der Waals surface area contributed by atoms with Crippen molar-refractivity contribution in [3.8, 4) is 0 Å². The Labute approximate surface area is 116 Å². The molecular weight excluding hydrogens is 264 g/mol. The second-order valence-electron chi connectivity index (χ2n) is 4.92. The minimum atomic E-state index is -0.165. The fourth-order valence-electron chi connectivity index (χ4n) is 1.65. The molecule has 1 saturated carbocycles. The minimum Gasteiger partial charge on any atom is -0.384 e. The zero-order valence-corrected chi connectivity index (χ0v) is 12.0. The van der Waals surface area contributed by atoms with E-state index in [9.17, 15) is 4.79 Å². The summed E-state index contributed by atoms with van der Waals surface area (Å²) in [6, 6.07) is 0.503. The zero-order chi connectivity index (χ0) is 13.8. The number of nitrogens with two attached hydrogens (primary N) is 1. The molecule has 1 heterocycles. The summed E-state index contributed by atoms with van der Waals surface area (Å²) in [5.74, 6) is 0.402. The molecule has 1 aromatic rings. The van der Waals surface area contributed by atoms with Gasteiger partial charge in [-0.15, -0.1) is 0 Å². The van der Waals surface area contributed by atoms with Gasteiger partial charge < -0.3 is 21.1 Å². The molecule has 0 saturated heterocycles. The molecule has 4 N–H and O–H groups in total. The normalized spacial score (nSPS) is 16.1. The van der Waals surface area contributed by atoms with Crippen molar-refractivity contribution in [2.75, 3.05) is 31.3 Å². The van der Waals surface area contributed by atoms with Gasteiger partial charge in [-0.05, 0) is 18.8 Å². The summed E-state index contributed by atoms with van der Waals surface area (Å²) in [6.45, 7) is 3.20. The third-order valence-electron chi connectivity index (χ3n) is 2.83. The lowest BCUT2D eigenvalue weighted by atomic mass is 10.2. The first kappa shape index (κ1) is 14.1. The van der Waals surface area contributed by atoms with Gasteiger partial charge in [0.25, 0.3) is 5.91 Å². The van der Waals surface area contributed by atoms with E-state index in [0.717, 1.165) is 18.0 Å². The highest BCUT2D eigenvalue weighted by Crippen LogP contribution is 2.30. The van der Waals surface area contributed by atoms with Gasteiger partial charge in [0.15, 0.2) is 5.13 Å². The van der Waals surface area contributed by atoms with Gasteiger partial charge >= 0.3 is 0 Å². The predicted octanol–water partition coefficient (Wildman–Crippen LogP) is 1.31. The number of carbonyl (C=O) groups excluding carboxylic acids is 1. The Balaban J connectivity index is 1.88. The SMILES string of the molecule is COCC(C)CNC(=O)c1sc(NC2CC2)nc1N. The number of carbonyl (C=O) groups is 1. The summed E-state index contributed by atoms with van der Waals surface area (Å²) < 4.78 is 5.02. The largest absolute Gasteiger partial charge is 0.384 e. The number of nitrogens with one attached hydrogen (secondary N) is 2. The molecule has 106 valence electrons. The van der Waals surface area contributed by atoms with E-state index in [1.807, 2.05) is 6.92 Å². The van der Waals surface area contributed by atoms with Crippen LogP contribution < -0.4 is 16.4 Å². The molecular formula is C12H20N4O2S. The van der Waals surface area contributed by atoms with Crippen molar-refractivity contribution in [1.29, 1.82) is 0 Å². The fourth-order valence-corrected chi connectivity index (χ4v) is 2.53. The third kappa shape index (κ3) is 4.07. The van der Waals surface area contributed by atoms with Crippen LogP contribution in [0.2, 0.25) is 0 Å². The minimum absolute atomic E-state index is 0.165. The molecule has 0 bridgehead atoms. The summed E-state index contributed by atoms with van der Waals surface area (Å²) >= 11 is 1.31. The first-order valence-corrected chi connectivity index (χ1v) is 7.21. The van der Waals surface area contributed by atoms with Crippen LogP contribution in [0.1, 0.15) is 29.4 Å². The van der Waals surface area contributed by atoms with Gasteiger partial charge in [-0.1, -0.05) is 18.3 Å². The summed E-state index contributed by atoms with van der Waals surface area (Å²) in [5.41, 5.74) is 5.78. The molecule has 2 rings (SSSR count). The molecule has 0 aliphatic heterocycles. The number of nitrogens with zero attached hydrogens (tertiary/aromatic N) is 1. The van der Waals surface area contributed by atoms with Crippen LogP contribution in [-0.2, 0) is 4.74 Å². The van der Waals surface area contributed by atoms with E-state index in [1.165, 1.54) is 11.3 Å². The maximum Gasteiger partial charge on any atom is 0.265 e. The molecule has 19 heavy (non-hydrogen) atoms. The Morgan fingerprint density at radius 2 is 2.37 bits per heavy atom. The Hall–Kier alpha value is -1.34. The van der Waals surface area contributed by atoms with E-state index in [1.54, 1.807) is 7.11 Å². The van der Waals surface area contributed by atoms with Crippen LogP contribution in [0, 0.1) is 5.92 Å². The predicted molar refractivity (Wildman–Crippen MR) is 76.5 cm³/mol. The van der Waals surface area contributed by atoms with Crippen molar-refractivity contribution in [3.05, 3.63) is 4.88 Å². The first-order chi connectivity index (χ1) is 9.10. The molecule has 7 heteroatoms. The van der Waals surface area contributed by atoms with Gasteiger partial charge in [-0.25, -0.2) is 4.98 Å². The number of methoxy groups -OCH3 is 1. The van der Waals surface area contributed by atoms with Gasteiger partial charge in [0.2, 0.25) is 0 Å². The molecule has 1 aliphatic rings. The molecule has 0 radical (unpaired) electrons. The van der Waals surface area contributed by atoms with Gasteiger partial charge in [0.1, 0.15) is 10.7 Å². The van der Waals surface area contributed by atoms with Crippen LogP contribution in [0.15, 0.2) is 0 Å². The molecule has 1 aromatic heterocycles. The lowest BCUT2D eigenvalue weighted by Crippen LogP contribution is -2.29. The van der Waals surface area contributed by atoms with Gasteiger partial charge in [-0.2, -0.15) is 0 Å². The van der Waals surface area contributed by atoms with E-state index >= 15 is 0 Å². The number of thiazole rings is 1. The maximum absolute atomic E-state index is 12.0. The van der Waals surface area contributed by atoms with Gasteiger partial charge in [0, 0.05) is 19.7 Å². The van der Waals surface area contributed by atoms with E-state index in [4.69, 9.17) is 10.5 Å². The van der Waals surface area contributed by atoms with E-state index in [-0.39, 0.29) is 11.8 Å². The second kappa shape index (κ2) is 6.21. The number of hydrogen-bond donors (Lipinski definition) is 3. The average Bonchev–Trinajstić information content (AvgIpc) is 3.09. The lowest BCUT2D eigenvalue weighted by Gasteiger charge is -2.10. The zero-order valence-electron chi connectivity index (χ0n) is 11.2. The number of nitrogen functional groups attached to an aromatic ring is 1. The third-order valence-corrected chi connectivity index (χ3v) is 3.83. The fraction of sp³-hybridized carbons (Fsp3) is 0.667. The number of aromatic nitrogens is 1. The summed E-state index contributed by atoms with van der Waals surface area (Å²) in [7, 11) is 1.65. The molecule has 0 spiro atoms. The smallest absolute Gasteiger partial charge is 0.265 e. The molecule has 1 aliphatic carbocycles. The highest BCUT2D eigenvalue weighted by Gasteiger charge is 2.24. The van der Waals surface area contributed by atoms with Gasteiger partial charge in [0.05, 0.1) is 6.61 Å². The lowest BCUT2D eigenvalue weighted by molar-refractivity contribution is 0.0939. The maximum atomic E-state index is 12.0. The van der Waals surface area contributed by atoms with Crippen molar-refractivity contribution in [1.82, 2.24) is 10.3 Å². The molecule has 1 atom stereocenters. The Bertz CT molecular complexity index is 445. The molecule has 6 nitrogen and oxygen atoms in total. The van der Waals surface area contributed by atoms with Crippen molar-refractivity contribution in [3.63, 3.8) is 0 Å². The molecule has 1 unspecified atom stereocenters.